The number of morpholine rings is 1. The number of thiophene rings is 1. The van der Waals surface area contributed by atoms with Gasteiger partial charge in [-0.25, -0.2) is 0 Å². The third kappa shape index (κ3) is 2.62. The van der Waals surface area contributed by atoms with E-state index >= 15 is 0 Å². The molecule has 0 spiro atoms. The lowest BCUT2D eigenvalue weighted by atomic mass is 10.1. The molecule has 1 amide bonds. The number of rotatable bonds is 3. The number of aromatic nitrogens is 2. The van der Waals surface area contributed by atoms with Crippen molar-refractivity contribution in [3.63, 3.8) is 0 Å². The lowest BCUT2D eigenvalue weighted by Gasteiger charge is -2.35. The number of hydrogen-bond donors (Lipinski definition) is 1. The van der Waals surface area contributed by atoms with Crippen LogP contribution in [0.15, 0.2) is 23.7 Å². The third-order valence-corrected chi connectivity index (χ3v) is 4.43. The highest BCUT2D eigenvalue weighted by atomic mass is 32.1. The van der Waals surface area contributed by atoms with E-state index in [9.17, 15) is 4.79 Å². The number of aromatic amines is 1. The monoisotopic (exact) mass is 291 g/mol. The van der Waals surface area contributed by atoms with Gasteiger partial charge in [-0.2, -0.15) is 5.10 Å². The Kier molecular flexibility index (Phi) is 3.84. The van der Waals surface area contributed by atoms with Crippen LogP contribution in [0.5, 0.6) is 0 Å². The smallest absolute Gasteiger partial charge is 0.228 e. The van der Waals surface area contributed by atoms with Crippen molar-refractivity contribution in [1.29, 1.82) is 0 Å². The van der Waals surface area contributed by atoms with Gasteiger partial charge in [0.05, 0.1) is 37.6 Å². The van der Waals surface area contributed by atoms with Crippen LogP contribution >= 0.6 is 11.3 Å². The number of H-pyrrole nitrogens is 1. The number of ether oxygens (including phenoxy) is 1. The highest BCUT2D eigenvalue weighted by Gasteiger charge is 2.30. The molecule has 1 saturated heterocycles. The van der Waals surface area contributed by atoms with Crippen LogP contribution in [0, 0.1) is 6.92 Å². The Morgan fingerprint density at radius 1 is 1.65 bits per heavy atom. The largest absolute Gasteiger partial charge is 0.377 e. The Labute approximate surface area is 121 Å². The minimum absolute atomic E-state index is 0.0567. The normalized spacial score (nSPS) is 19.2. The van der Waals surface area contributed by atoms with Crippen molar-refractivity contribution in [2.45, 2.75) is 19.4 Å². The fraction of sp³-hybridized carbons (Fsp3) is 0.429. The molecule has 2 aromatic heterocycles. The molecule has 1 N–H and O–H groups in total. The van der Waals surface area contributed by atoms with E-state index in [1.165, 1.54) is 0 Å². The van der Waals surface area contributed by atoms with E-state index in [-0.39, 0.29) is 11.9 Å². The molecule has 0 unspecified atom stereocenters. The van der Waals surface area contributed by atoms with E-state index in [4.69, 9.17) is 4.74 Å². The summed E-state index contributed by atoms with van der Waals surface area (Å²) in [6.07, 6.45) is 2.24. The average molecular weight is 291 g/mol. The van der Waals surface area contributed by atoms with Crippen molar-refractivity contribution in [3.8, 4) is 0 Å². The molecule has 1 aliphatic rings. The van der Waals surface area contributed by atoms with Gasteiger partial charge in [0.1, 0.15) is 0 Å². The van der Waals surface area contributed by atoms with Crippen LogP contribution in [0.2, 0.25) is 0 Å². The summed E-state index contributed by atoms with van der Waals surface area (Å²) in [7, 11) is 0. The van der Waals surface area contributed by atoms with Crippen molar-refractivity contribution >= 4 is 17.2 Å². The molecule has 5 nitrogen and oxygen atoms in total. The van der Waals surface area contributed by atoms with Crippen molar-refractivity contribution in [3.05, 3.63) is 39.8 Å². The highest BCUT2D eigenvalue weighted by molar-refractivity contribution is 7.10. The molecule has 1 atom stereocenters. The summed E-state index contributed by atoms with van der Waals surface area (Å²) in [4.78, 5) is 15.5. The van der Waals surface area contributed by atoms with Crippen LogP contribution in [0.4, 0.5) is 0 Å². The predicted molar refractivity (Wildman–Crippen MR) is 76.6 cm³/mol. The quantitative estimate of drug-likeness (QED) is 0.940. The van der Waals surface area contributed by atoms with Gasteiger partial charge in [0.15, 0.2) is 0 Å². The van der Waals surface area contributed by atoms with Gasteiger partial charge in [-0.1, -0.05) is 6.07 Å². The van der Waals surface area contributed by atoms with Gasteiger partial charge in [-0.15, -0.1) is 11.3 Å². The maximum absolute atomic E-state index is 12.5. The van der Waals surface area contributed by atoms with Gasteiger partial charge in [0.25, 0.3) is 0 Å². The zero-order chi connectivity index (χ0) is 13.9. The van der Waals surface area contributed by atoms with Gasteiger partial charge >= 0.3 is 0 Å². The second-order valence-electron chi connectivity index (χ2n) is 4.90. The second-order valence-corrected chi connectivity index (χ2v) is 5.93. The van der Waals surface area contributed by atoms with Crippen LogP contribution < -0.4 is 0 Å². The summed E-state index contributed by atoms with van der Waals surface area (Å²) < 4.78 is 5.54. The van der Waals surface area contributed by atoms with E-state index in [2.05, 4.69) is 10.2 Å². The van der Waals surface area contributed by atoms with Crippen molar-refractivity contribution in [2.24, 2.45) is 0 Å². The van der Waals surface area contributed by atoms with Crippen LogP contribution in [-0.4, -0.2) is 40.8 Å². The predicted octanol–water partition coefficient (Wildman–Crippen LogP) is 1.92. The maximum atomic E-state index is 12.5. The molecule has 1 fully saturated rings. The van der Waals surface area contributed by atoms with Crippen molar-refractivity contribution < 1.29 is 9.53 Å². The molecule has 6 heteroatoms. The van der Waals surface area contributed by atoms with Crippen molar-refractivity contribution in [1.82, 2.24) is 15.1 Å². The Bertz CT molecular complexity index is 579. The molecule has 3 rings (SSSR count). The molecule has 0 radical (unpaired) electrons. The Morgan fingerprint density at radius 3 is 3.25 bits per heavy atom. The Balaban J connectivity index is 1.78. The standard InChI is InChI=1S/C14H17N3O2S/c1-10-8-15-16-14(10)12-9-19-5-4-17(12)13(18)7-11-3-2-6-20-11/h2-3,6,8,12H,4-5,7,9H2,1H3,(H,15,16)/t12-/m1/s1. The number of carbonyl (C=O) groups excluding carboxylic acids is 1. The average Bonchev–Trinajstić information content (AvgIpc) is 3.10. The topological polar surface area (TPSA) is 58.2 Å². The molecule has 0 saturated carbocycles. The highest BCUT2D eigenvalue weighted by Crippen LogP contribution is 2.26. The summed E-state index contributed by atoms with van der Waals surface area (Å²) in [5.74, 6) is 0.148. The van der Waals surface area contributed by atoms with Crippen LogP contribution in [0.3, 0.4) is 0 Å². The molecular formula is C14H17N3O2S. The molecule has 20 heavy (non-hydrogen) atoms. The van der Waals surface area contributed by atoms with E-state index < -0.39 is 0 Å². The van der Waals surface area contributed by atoms with E-state index in [0.717, 1.165) is 16.1 Å². The first-order chi connectivity index (χ1) is 9.75. The maximum Gasteiger partial charge on any atom is 0.228 e. The number of nitrogens with zero attached hydrogens (tertiary/aromatic N) is 2. The molecule has 0 bridgehead atoms. The molecule has 3 heterocycles. The van der Waals surface area contributed by atoms with E-state index in [1.54, 1.807) is 17.5 Å². The molecule has 1 aliphatic heterocycles. The first-order valence-corrected chi connectivity index (χ1v) is 7.53. The van der Waals surface area contributed by atoms with E-state index in [1.807, 2.05) is 29.3 Å². The molecular weight excluding hydrogens is 274 g/mol. The zero-order valence-corrected chi connectivity index (χ0v) is 12.2. The van der Waals surface area contributed by atoms with Crippen LogP contribution in [0.25, 0.3) is 0 Å². The minimum Gasteiger partial charge on any atom is -0.377 e. The molecule has 2 aromatic rings. The summed E-state index contributed by atoms with van der Waals surface area (Å²) >= 11 is 1.62. The SMILES string of the molecule is Cc1cn[nH]c1[C@H]1COCCN1C(=O)Cc1cccs1. The fourth-order valence-electron chi connectivity index (χ4n) is 2.50. The Hall–Kier alpha value is -1.66. The summed E-state index contributed by atoms with van der Waals surface area (Å²) in [5, 5.41) is 9.05. The molecule has 106 valence electrons. The zero-order valence-electron chi connectivity index (χ0n) is 11.3. The summed E-state index contributed by atoms with van der Waals surface area (Å²) in [5.41, 5.74) is 2.04. The lowest BCUT2D eigenvalue weighted by molar-refractivity contribution is -0.139. The van der Waals surface area contributed by atoms with Gasteiger partial charge in [-0.05, 0) is 23.9 Å². The Morgan fingerprint density at radius 2 is 2.55 bits per heavy atom. The molecule has 0 aliphatic carbocycles. The third-order valence-electron chi connectivity index (χ3n) is 3.56. The van der Waals surface area contributed by atoms with Gasteiger partial charge in [0.2, 0.25) is 5.91 Å². The minimum atomic E-state index is -0.0567. The van der Waals surface area contributed by atoms with Crippen LogP contribution in [0.1, 0.15) is 22.2 Å². The van der Waals surface area contributed by atoms with Gasteiger partial charge in [-0.3, -0.25) is 9.89 Å². The number of amides is 1. The van der Waals surface area contributed by atoms with E-state index in [0.29, 0.717) is 26.2 Å². The first-order valence-electron chi connectivity index (χ1n) is 6.65. The van der Waals surface area contributed by atoms with Crippen molar-refractivity contribution in [2.75, 3.05) is 19.8 Å². The number of nitrogens with one attached hydrogen (secondary N) is 1. The summed E-state index contributed by atoms with van der Waals surface area (Å²) in [6.45, 7) is 3.75. The lowest BCUT2D eigenvalue weighted by Crippen LogP contribution is -2.44. The summed E-state index contributed by atoms with van der Waals surface area (Å²) in [6, 6.07) is 3.92. The van der Waals surface area contributed by atoms with Crippen LogP contribution in [-0.2, 0) is 16.0 Å². The second kappa shape index (κ2) is 5.76. The van der Waals surface area contributed by atoms with Gasteiger partial charge < -0.3 is 9.64 Å². The fourth-order valence-corrected chi connectivity index (χ4v) is 3.19. The van der Waals surface area contributed by atoms with Gasteiger partial charge in [0, 0.05) is 11.4 Å². The number of aryl methyl sites for hydroxylation is 1. The first kappa shape index (κ1) is 13.3. The number of hydrogen-bond acceptors (Lipinski definition) is 4. The molecule has 0 aromatic carbocycles. The number of carbonyl (C=O) groups is 1.